The van der Waals surface area contributed by atoms with Crippen molar-refractivity contribution in [2.75, 3.05) is 19.8 Å². The number of benzene rings is 1. The number of likely N-dealkylation sites (N-methyl/N-ethyl adjacent to an activating group) is 1. The van der Waals surface area contributed by atoms with Crippen LogP contribution in [-0.2, 0) is 9.47 Å². The molecule has 3 atom stereocenters. The highest BCUT2D eigenvalue weighted by Gasteiger charge is 2.46. The lowest BCUT2D eigenvalue weighted by Crippen LogP contribution is -2.45. The minimum Gasteiger partial charge on any atom is -0.351 e. The Bertz CT molecular complexity index is 376. The summed E-state index contributed by atoms with van der Waals surface area (Å²) in [5, 5.41) is 3.56. The molecule has 3 nitrogen and oxygen atoms in total. The molecule has 1 N–H and O–H groups in total. The van der Waals surface area contributed by atoms with E-state index in [0.29, 0.717) is 25.0 Å². The van der Waals surface area contributed by atoms with Crippen molar-refractivity contribution in [3.05, 3.63) is 35.9 Å². The van der Waals surface area contributed by atoms with Gasteiger partial charge in [0.2, 0.25) is 0 Å². The van der Waals surface area contributed by atoms with Gasteiger partial charge < -0.3 is 14.8 Å². The SMILES string of the molecule is CCNC(C(OCC)OCC)C1CC1c1ccccc1. The maximum atomic E-state index is 5.80. The van der Waals surface area contributed by atoms with Crippen molar-refractivity contribution in [3.63, 3.8) is 0 Å². The molecule has 0 bridgehead atoms. The van der Waals surface area contributed by atoms with Gasteiger partial charge in [-0.05, 0) is 44.2 Å². The summed E-state index contributed by atoms with van der Waals surface area (Å²) in [6, 6.07) is 11.1. The summed E-state index contributed by atoms with van der Waals surface area (Å²) < 4.78 is 11.6. The van der Waals surface area contributed by atoms with Crippen LogP contribution in [0.4, 0.5) is 0 Å². The maximum absolute atomic E-state index is 5.80. The molecule has 112 valence electrons. The normalized spacial score (nSPS) is 23.0. The Morgan fingerprint density at radius 3 is 2.30 bits per heavy atom. The van der Waals surface area contributed by atoms with Gasteiger partial charge in [0.1, 0.15) is 0 Å². The van der Waals surface area contributed by atoms with Gasteiger partial charge in [0.05, 0.1) is 6.04 Å². The maximum Gasteiger partial charge on any atom is 0.172 e. The summed E-state index contributed by atoms with van der Waals surface area (Å²) in [7, 11) is 0. The zero-order chi connectivity index (χ0) is 14.4. The molecule has 0 saturated heterocycles. The van der Waals surface area contributed by atoms with Crippen molar-refractivity contribution >= 4 is 0 Å². The molecule has 3 unspecified atom stereocenters. The van der Waals surface area contributed by atoms with Gasteiger partial charge in [-0.3, -0.25) is 0 Å². The fourth-order valence-electron chi connectivity index (χ4n) is 2.96. The molecule has 1 fully saturated rings. The molecular formula is C17H27NO2. The number of ether oxygens (including phenoxy) is 2. The zero-order valence-electron chi connectivity index (χ0n) is 12.8. The second kappa shape index (κ2) is 7.77. The Kier molecular flexibility index (Phi) is 6.02. The van der Waals surface area contributed by atoms with Gasteiger partial charge in [0.15, 0.2) is 6.29 Å². The Morgan fingerprint density at radius 1 is 1.10 bits per heavy atom. The van der Waals surface area contributed by atoms with E-state index in [2.05, 4.69) is 42.6 Å². The van der Waals surface area contributed by atoms with Crippen molar-refractivity contribution in [1.82, 2.24) is 5.32 Å². The van der Waals surface area contributed by atoms with Crippen LogP contribution in [-0.4, -0.2) is 32.1 Å². The molecule has 0 spiro atoms. The first-order valence-corrected chi connectivity index (χ1v) is 7.83. The fourth-order valence-corrected chi connectivity index (χ4v) is 2.96. The molecule has 0 amide bonds. The monoisotopic (exact) mass is 277 g/mol. The Labute approximate surface area is 122 Å². The third-order valence-electron chi connectivity index (χ3n) is 3.92. The van der Waals surface area contributed by atoms with E-state index in [1.165, 1.54) is 12.0 Å². The molecule has 3 heteroatoms. The average Bonchev–Trinajstić information content (AvgIpc) is 3.26. The molecule has 1 aromatic rings. The standard InChI is InChI=1S/C17H27NO2/c1-4-18-16(17(19-5-2)20-6-3)15-12-14(15)13-10-8-7-9-11-13/h7-11,14-18H,4-6,12H2,1-3H3. The van der Waals surface area contributed by atoms with Gasteiger partial charge >= 0.3 is 0 Å². The van der Waals surface area contributed by atoms with Crippen LogP contribution in [0.15, 0.2) is 30.3 Å². The van der Waals surface area contributed by atoms with Gasteiger partial charge in [-0.25, -0.2) is 0 Å². The lowest BCUT2D eigenvalue weighted by atomic mass is 10.0. The van der Waals surface area contributed by atoms with Crippen LogP contribution in [0.2, 0.25) is 0 Å². The first kappa shape index (κ1) is 15.5. The van der Waals surface area contributed by atoms with Gasteiger partial charge in [-0.15, -0.1) is 0 Å². The van der Waals surface area contributed by atoms with E-state index in [9.17, 15) is 0 Å². The molecule has 20 heavy (non-hydrogen) atoms. The molecule has 0 aromatic heterocycles. The topological polar surface area (TPSA) is 30.5 Å². The molecule has 1 saturated carbocycles. The van der Waals surface area contributed by atoms with E-state index in [1.807, 2.05) is 13.8 Å². The van der Waals surface area contributed by atoms with Crippen molar-refractivity contribution in [1.29, 1.82) is 0 Å². The van der Waals surface area contributed by atoms with Crippen LogP contribution in [0, 0.1) is 5.92 Å². The minimum atomic E-state index is -0.135. The van der Waals surface area contributed by atoms with Gasteiger partial charge in [0.25, 0.3) is 0 Å². The second-order valence-electron chi connectivity index (χ2n) is 5.28. The number of hydrogen-bond donors (Lipinski definition) is 1. The summed E-state index contributed by atoms with van der Waals surface area (Å²) >= 11 is 0. The first-order chi connectivity index (χ1) is 9.81. The molecule has 0 radical (unpaired) electrons. The quantitative estimate of drug-likeness (QED) is 0.703. The summed E-state index contributed by atoms with van der Waals surface area (Å²) in [6.45, 7) is 8.51. The number of rotatable bonds is 9. The van der Waals surface area contributed by atoms with E-state index < -0.39 is 0 Å². The predicted octanol–water partition coefficient (Wildman–Crippen LogP) is 3.17. The van der Waals surface area contributed by atoms with Crippen LogP contribution in [0.3, 0.4) is 0 Å². The first-order valence-electron chi connectivity index (χ1n) is 7.83. The van der Waals surface area contributed by atoms with Gasteiger partial charge in [-0.1, -0.05) is 37.3 Å². The highest BCUT2D eigenvalue weighted by Crippen LogP contribution is 2.50. The van der Waals surface area contributed by atoms with Crippen LogP contribution in [0.1, 0.15) is 38.7 Å². The second-order valence-corrected chi connectivity index (χ2v) is 5.28. The van der Waals surface area contributed by atoms with E-state index in [1.54, 1.807) is 0 Å². The lowest BCUT2D eigenvalue weighted by molar-refractivity contribution is -0.157. The van der Waals surface area contributed by atoms with Gasteiger partial charge in [-0.2, -0.15) is 0 Å². The third kappa shape index (κ3) is 3.81. The van der Waals surface area contributed by atoms with Crippen molar-refractivity contribution < 1.29 is 9.47 Å². The van der Waals surface area contributed by atoms with Gasteiger partial charge in [0, 0.05) is 13.2 Å². The van der Waals surface area contributed by atoms with Crippen molar-refractivity contribution in [2.45, 2.75) is 45.4 Å². The van der Waals surface area contributed by atoms with E-state index in [4.69, 9.17) is 9.47 Å². The van der Waals surface area contributed by atoms with E-state index in [0.717, 1.165) is 6.54 Å². The summed E-state index contributed by atoms with van der Waals surface area (Å²) in [4.78, 5) is 0. The van der Waals surface area contributed by atoms with Crippen molar-refractivity contribution in [3.8, 4) is 0 Å². The smallest absolute Gasteiger partial charge is 0.172 e. The summed E-state index contributed by atoms with van der Waals surface area (Å²) in [5.74, 6) is 1.25. The van der Waals surface area contributed by atoms with Crippen LogP contribution >= 0.6 is 0 Å². The number of nitrogens with one attached hydrogen (secondary N) is 1. The largest absolute Gasteiger partial charge is 0.351 e. The molecular weight excluding hydrogens is 250 g/mol. The highest BCUT2D eigenvalue weighted by atomic mass is 16.7. The summed E-state index contributed by atoms with van der Waals surface area (Å²) in [6.07, 6.45) is 1.09. The molecule has 0 aliphatic heterocycles. The predicted molar refractivity (Wildman–Crippen MR) is 81.8 cm³/mol. The Hall–Kier alpha value is -0.900. The Balaban J connectivity index is 2.02. The van der Waals surface area contributed by atoms with Crippen molar-refractivity contribution in [2.24, 2.45) is 5.92 Å². The lowest BCUT2D eigenvalue weighted by Gasteiger charge is -2.28. The number of hydrogen-bond acceptors (Lipinski definition) is 3. The molecule has 1 aliphatic rings. The molecule has 1 aromatic carbocycles. The molecule has 2 rings (SSSR count). The van der Waals surface area contributed by atoms with Crippen LogP contribution < -0.4 is 5.32 Å². The van der Waals surface area contributed by atoms with Crippen LogP contribution in [0.5, 0.6) is 0 Å². The van der Waals surface area contributed by atoms with Crippen LogP contribution in [0.25, 0.3) is 0 Å². The molecule has 0 heterocycles. The summed E-state index contributed by atoms with van der Waals surface area (Å²) in [5.41, 5.74) is 1.44. The van der Waals surface area contributed by atoms with E-state index in [-0.39, 0.29) is 12.3 Å². The minimum absolute atomic E-state index is 0.135. The fraction of sp³-hybridized carbons (Fsp3) is 0.647. The third-order valence-corrected chi connectivity index (χ3v) is 3.92. The average molecular weight is 277 g/mol. The Morgan fingerprint density at radius 2 is 1.75 bits per heavy atom. The zero-order valence-corrected chi connectivity index (χ0v) is 12.8. The highest BCUT2D eigenvalue weighted by molar-refractivity contribution is 5.26. The molecule has 1 aliphatic carbocycles. The van der Waals surface area contributed by atoms with E-state index >= 15 is 0 Å².